The molecule has 0 saturated heterocycles. The van der Waals surface area contributed by atoms with Crippen molar-refractivity contribution in [2.24, 2.45) is 0 Å². The van der Waals surface area contributed by atoms with Crippen molar-refractivity contribution in [2.45, 2.75) is 6.92 Å². The fraction of sp³-hybridized carbons (Fsp3) is 0.167. The molecule has 0 bridgehead atoms. The summed E-state index contributed by atoms with van der Waals surface area (Å²) in [7, 11) is 1.91. The number of halogens is 1. The number of anilines is 3. The van der Waals surface area contributed by atoms with Crippen molar-refractivity contribution in [1.82, 2.24) is 9.97 Å². The highest BCUT2D eigenvalue weighted by Crippen LogP contribution is 2.24. The molecule has 0 unspecified atom stereocenters. The summed E-state index contributed by atoms with van der Waals surface area (Å²) in [4.78, 5) is 10.3. The van der Waals surface area contributed by atoms with E-state index in [1.165, 1.54) is 0 Å². The van der Waals surface area contributed by atoms with E-state index in [1.54, 1.807) is 6.07 Å². The Balaban J connectivity index is 2.39. The lowest BCUT2D eigenvalue weighted by Gasteiger charge is -2.19. The molecule has 0 radical (unpaired) electrons. The van der Waals surface area contributed by atoms with Gasteiger partial charge in [-0.05, 0) is 25.1 Å². The maximum absolute atomic E-state index is 5.91. The topological polar surface area (TPSA) is 55.0 Å². The molecule has 0 aliphatic heterocycles. The van der Waals surface area contributed by atoms with E-state index in [0.717, 1.165) is 11.5 Å². The molecule has 0 spiro atoms. The molecule has 2 aromatic rings. The molecule has 4 nitrogen and oxygen atoms in total. The number of hydrogen-bond donors (Lipinski definition) is 1. The Morgan fingerprint density at radius 2 is 2.00 bits per heavy atom. The highest BCUT2D eigenvalue weighted by atomic mass is 35.5. The smallest absolute Gasteiger partial charge is 0.137 e. The van der Waals surface area contributed by atoms with E-state index >= 15 is 0 Å². The predicted molar refractivity (Wildman–Crippen MR) is 70.7 cm³/mol. The van der Waals surface area contributed by atoms with Crippen LogP contribution in [-0.4, -0.2) is 17.0 Å². The number of aryl methyl sites for hydroxylation is 1. The second kappa shape index (κ2) is 4.59. The molecular weight excluding hydrogens is 236 g/mol. The number of hydrogen-bond acceptors (Lipinski definition) is 4. The second-order valence-corrected chi connectivity index (χ2v) is 4.14. The van der Waals surface area contributed by atoms with Crippen LogP contribution in [0, 0.1) is 6.92 Å². The molecular formula is C12H13ClN4. The van der Waals surface area contributed by atoms with Gasteiger partial charge in [-0.3, -0.25) is 0 Å². The van der Waals surface area contributed by atoms with E-state index in [2.05, 4.69) is 9.97 Å². The molecule has 0 saturated carbocycles. The van der Waals surface area contributed by atoms with Gasteiger partial charge < -0.3 is 10.6 Å². The molecule has 1 aromatic heterocycles. The first-order chi connectivity index (χ1) is 8.06. The Morgan fingerprint density at radius 3 is 2.65 bits per heavy atom. The number of aromatic nitrogens is 2. The van der Waals surface area contributed by atoms with Crippen molar-refractivity contribution in [1.29, 1.82) is 0 Å². The summed E-state index contributed by atoms with van der Waals surface area (Å²) in [6, 6.07) is 9.30. The largest absolute Gasteiger partial charge is 0.399 e. The number of rotatable bonds is 2. The zero-order valence-corrected chi connectivity index (χ0v) is 10.4. The van der Waals surface area contributed by atoms with Gasteiger partial charge in [-0.2, -0.15) is 0 Å². The van der Waals surface area contributed by atoms with Crippen LogP contribution in [0.4, 0.5) is 17.2 Å². The Morgan fingerprint density at radius 1 is 1.24 bits per heavy atom. The van der Waals surface area contributed by atoms with Crippen LogP contribution in [0.15, 0.2) is 30.3 Å². The number of nitrogens with two attached hydrogens (primary N) is 1. The minimum absolute atomic E-state index is 0.434. The van der Waals surface area contributed by atoms with Crippen LogP contribution in [0.2, 0.25) is 5.15 Å². The molecule has 1 aromatic carbocycles. The number of benzene rings is 1. The summed E-state index contributed by atoms with van der Waals surface area (Å²) in [5.74, 6) is 1.39. The van der Waals surface area contributed by atoms with Crippen molar-refractivity contribution in [3.63, 3.8) is 0 Å². The molecule has 2 rings (SSSR count). The standard InChI is InChI=1S/C12H13ClN4/c1-8-15-11(13)7-12(16-8)17(2)10-5-3-4-9(14)6-10/h3-7H,14H2,1-2H3. The van der Waals surface area contributed by atoms with Crippen LogP contribution in [0.1, 0.15) is 5.82 Å². The fourth-order valence-corrected chi connectivity index (χ4v) is 1.77. The van der Waals surface area contributed by atoms with Crippen LogP contribution in [-0.2, 0) is 0 Å². The quantitative estimate of drug-likeness (QED) is 0.656. The van der Waals surface area contributed by atoms with Gasteiger partial charge in [0.25, 0.3) is 0 Å². The van der Waals surface area contributed by atoms with Crippen LogP contribution in [0.3, 0.4) is 0 Å². The highest BCUT2D eigenvalue weighted by Gasteiger charge is 2.07. The minimum atomic E-state index is 0.434. The summed E-state index contributed by atoms with van der Waals surface area (Å²) in [5, 5.41) is 0.434. The van der Waals surface area contributed by atoms with Crippen LogP contribution < -0.4 is 10.6 Å². The maximum atomic E-state index is 5.91. The molecule has 1 heterocycles. The molecule has 5 heteroatoms. The Labute approximate surface area is 105 Å². The van der Waals surface area contributed by atoms with Gasteiger partial charge in [0, 0.05) is 24.5 Å². The summed E-state index contributed by atoms with van der Waals surface area (Å²) < 4.78 is 0. The van der Waals surface area contributed by atoms with Crippen molar-refractivity contribution in [2.75, 3.05) is 17.7 Å². The third-order valence-corrected chi connectivity index (χ3v) is 2.59. The van der Waals surface area contributed by atoms with Crippen molar-refractivity contribution < 1.29 is 0 Å². The lowest BCUT2D eigenvalue weighted by molar-refractivity contribution is 1.01. The zero-order chi connectivity index (χ0) is 12.4. The highest BCUT2D eigenvalue weighted by molar-refractivity contribution is 6.29. The lowest BCUT2D eigenvalue weighted by Crippen LogP contribution is -2.12. The lowest BCUT2D eigenvalue weighted by atomic mass is 10.2. The number of nitrogens with zero attached hydrogens (tertiary/aromatic N) is 3. The first kappa shape index (κ1) is 11.7. The zero-order valence-electron chi connectivity index (χ0n) is 9.68. The van der Waals surface area contributed by atoms with E-state index in [9.17, 15) is 0 Å². The van der Waals surface area contributed by atoms with Crippen LogP contribution in [0.25, 0.3) is 0 Å². The monoisotopic (exact) mass is 248 g/mol. The third kappa shape index (κ3) is 2.65. The maximum Gasteiger partial charge on any atom is 0.137 e. The summed E-state index contributed by atoms with van der Waals surface area (Å²) in [5.41, 5.74) is 7.42. The summed E-state index contributed by atoms with van der Waals surface area (Å²) >= 11 is 5.91. The minimum Gasteiger partial charge on any atom is -0.399 e. The molecule has 0 atom stereocenters. The van der Waals surface area contributed by atoms with Gasteiger partial charge >= 0.3 is 0 Å². The molecule has 0 fully saturated rings. The van der Waals surface area contributed by atoms with Crippen LogP contribution in [0.5, 0.6) is 0 Å². The fourth-order valence-electron chi connectivity index (χ4n) is 1.55. The van der Waals surface area contributed by atoms with Gasteiger partial charge in [-0.25, -0.2) is 9.97 Å². The molecule has 2 N–H and O–H groups in total. The first-order valence-electron chi connectivity index (χ1n) is 5.17. The van der Waals surface area contributed by atoms with E-state index in [-0.39, 0.29) is 0 Å². The van der Waals surface area contributed by atoms with Crippen molar-refractivity contribution >= 4 is 28.8 Å². The molecule has 88 valence electrons. The van der Waals surface area contributed by atoms with Gasteiger partial charge in [-0.1, -0.05) is 17.7 Å². The summed E-state index contributed by atoms with van der Waals surface area (Å²) in [6.07, 6.45) is 0. The Hall–Kier alpha value is -1.81. The molecule has 0 amide bonds. The van der Waals surface area contributed by atoms with Crippen LogP contribution >= 0.6 is 11.6 Å². The molecule has 0 aliphatic carbocycles. The van der Waals surface area contributed by atoms with Gasteiger partial charge in [0.15, 0.2) is 0 Å². The van der Waals surface area contributed by atoms with Gasteiger partial charge in [-0.15, -0.1) is 0 Å². The van der Waals surface area contributed by atoms with E-state index in [1.807, 2.05) is 43.1 Å². The van der Waals surface area contributed by atoms with E-state index in [0.29, 0.717) is 16.7 Å². The summed E-state index contributed by atoms with van der Waals surface area (Å²) in [6.45, 7) is 1.81. The van der Waals surface area contributed by atoms with E-state index < -0.39 is 0 Å². The van der Waals surface area contributed by atoms with E-state index in [4.69, 9.17) is 17.3 Å². The predicted octanol–water partition coefficient (Wildman–Crippen LogP) is 2.79. The van der Waals surface area contributed by atoms with Crippen molar-refractivity contribution in [3.05, 3.63) is 41.3 Å². The second-order valence-electron chi connectivity index (χ2n) is 3.75. The van der Waals surface area contributed by atoms with Gasteiger partial charge in [0.2, 0.25) is 0 Å². The Kier molecular flexibility index (Phi) is 3.15. The van der Waals surface area contributed by atoms with Crippen molar-refractivity contribution in [3.8, 4) is 0 Å². The SMILES string of the molecule is Cc1nc(Cl)cc(N(C)c2cccc(N)c2)n1. The average Bonchev–Trinajstić information content (AvgIpc) is 2.26. The normalized spacial score (nSPS) is 10.3. The molecule has 0 aliphatic rings. The number of nitrogen functional groups attached to an aromatic ring is 1. The average molecular weight is 249 g/mol. The van der Waals surface area contributed by atoms with Gasteiger partial charge in [0.05, 0.1) is 0 Å². The third-order valence-electron chi connectivity index (χ3n) is 2.39. The Bertz CT molecular complexity index is 522. The first-order valence-corrected chi connectivity index (χ1v) is 5.54. The van der Waals surface area contributed by atoms with Gasteiger partial charge in [0.1, 0.15) is 16.8 Å². The molecule has 17 heavy (non-hydrogen) atoms.